The highest BCUT2D eigenvalue weighted by Crippen LogP contribution is 2.13. The first-order chi connectivity index (χ1) is 9.06. The lowest BCUT2D eigenvalue weighted by Gasteiger charge is -2.10. The third kappa shape index (κ3) is 3.53. The van der Waals surface area contributed by atoms with Crippen molar-refractivity contribution in [2.24, 2.45) is 7.05 Å². The molecule has 0 saturated heterocycles. The van der Waals surface area contributed by atoms with Gasteiger partial charge >= 0.3 is 0 Å². The molecule has 2 aromatic heterocycles. The van der Waals surface area contributed by atoms with Crippen LogP contribution in [0.2, 0.25) is 0 Å². The zero-order valence-electron chi connectivity index (χ0n) is 12.0. The fourth-order valence-electron chi connectivity index (χ4n) is 1.88. The Morgan fingerprint density at radius 2 is 2.11 bits per heavy atom. The quantitative estimate of drug-likeness (QED) is 0.895. The first-order valence-electron chi connectivity index (χ1n) is 6.62. The van der Waals surface area contributed by atoms with Crippen LogP contribution in [0.15, 0.2) is 18.5 Å². The second kappa shape index (κ2) is 5.82. The van der Waals surface area contributed by atoms with E-state index in [4.69, 9.17) is 0 Å². The van der Waals surface area contributed by atoms with Crippen molar-refractivity contribution in [2.45, 2.75) is 33.1 Å². The molecule has 1 N–H and O–H groups in total. The van der Waals surface area contributed by atoms with E-state index in [2.05, 4.69) is 34.1 Å². The molecule has 2 rings (SSSR count). The third-order valence-corrected chi connectivity index (χ3v) is 2.96. The van der Waals surface area contributed by atoms with E-state index in [0.29, 0.717) is 5.92 Å². The highest BCUT2D eigenvalue weighted by Gasteiger charge is 2.06. The standard InChI is InChI=1S/C14H21N5/c1-10(2)14-17-11(3)9-12(18-14)15-6-5-13-16-7-8-19(13)4/h7-10H,5-6H2,1-4H3,(H,15,17,18). The number of rotatable bonds is 5. The van der Waals surface area contributed by atoms with Crippen LogP contribution in [-0.2, 0) is 13.5 Å². The van der Waals surface area contributed by atoms with Crippen LogP contribution in [-0.4, -0.2) is 26.1 Å². The zero-order chi connectivity index (χ0) is 13.8. The Morgan fingerprint density at radius 1 is 1.32 bits per heavy atom. The van der Waals surface area contributed by atoms with Crippen molar-refractivity contribution in [3.63, 3.8) is 0 Å². The Balaban J connectivity index is 1.98. The molecule has 5 nitrogen and oxygen atoms in total. The van der Waals surface area contributed by atoms with Gasteiger partial charge in [0.1, 0.15) is 17.5 Å². The summed E-state index contributed by atoms with van der Waals surface area (Å²) in [5.41, 5.74) is 0.998. The number of hydrogen-bond donors (Lipinski definition) is 1. The van der Waals surface area contributed by atoms with Crippen LogP contribution in [0.1, 0.15) is 37.1 Å². The number of anilines is 1. The monoisotopic (exact) mass is 259 g/mol. The highest BCUT2D eigenvalue weighted by molar-refractivity contribution is 5.36. The highest BCUT2D eigenvalue weighted by atomic mass is 15.1. The van der Waals surface area contributed by atoms with Gasteiger partial charge in [0.15, 0.2) is 0 Å². The number of aromatic nitrogens is 4. The van der Waals surface area contributed by atoms with Crippen LogP contribution in [0.3, 0.4) is 0 Å². The summed E-state index contributed by atoms with van der Waals surface area (Å²) >= 11 is 0. The number of hydrogen-bond acceptors (Lipinski definition) is 4. The summed E-state index contributed by atoms with van der Waals surface area (Å²) in [6.07, 6.45) is 4.66. The fraction of sp³-hybridized carbons (Fsp3) is 0.500. The minimum atomic E-state index is 0.343. The lowest BCUT2D eigenvalue weighted by molar-refractivity contribution is 0.761. The van der Waals surface area contributed by atoms with E-state index < -0.39 is 0 Å². The van der Waals surface area contributed by atoms with Crippen LogP contribution in [0.5, 0.6) is 0 Å². The van der Waals surface area contributed by atoms with Crippen molar-refractivity contribution < 1.29 is 0 Å². The van der Waals surface area contributed by atoms with Crippen LogP contribution in [0.4, 0.5) is 5.82 Å². The summed E-state index contributed by atoms with van der Waals surface area (Å²) in [4.78, 5) is 13.3. The van der Waals surface area contributed by atoms with E-state index in [9.17, 15) is 0 Å². The van der Waals surface area contributed by atoms with Gasteiger partial charge in [-0.3, -0.25) is 0 Å². The van der Waals surface area contributed by atoms with Gasteiger partial charge in [-0.15, -0.1) is 0 Å². The van der Waals surface area contributed by atoms with Gasteiger partial charge in [-0.05, 0) is 6.92 Å². The minimum Gasteiger partial charge on any atom is -0.370 e. The topological polar surface area (TPSA) is 55.6 Å². The van der Waals surface area contributed by atoms with E-state index in [-0.39, 0.29) is 0 Å². The van der Waals surface area contributed by atoms with Gasteiger partial charge < -0.3 is 9.88 Å². The van der Waals surface area contributed by atoms with E-state index in [1.54, 1.807) is 0 Å². The molecule has 0 saturated carbocycles. The molecule has 0 radical (unpaired) electrons. The second-order valence-corrected chi connectivity index (χ2v) is 5.04. The molecular formula is C14H21N5. The Kier molecular flexibility index (Phi) is 4.14. The molecule has 0 aliphatic rings. The van der Waals surface area contributed by atoms with Crippen LogP contribution >= 0.6 is 0 Å². The SMILES string of the molecule is Cc1cc(NCCc2nccn2C)nc(C(C)C)n1. The maximum Gasteiger partial charge on any atom is 0.133 e. The molecule has 0 atom stereocenters. The van der Waals surface area contributed by atoms with Crippen molar-refractivity contribution in [3.8, 4) is 0 Å². The molecule has 0 fully saturated rings. The van der Waals surface area contributed by atoms with Gasteiger partial charge in [0.25, 0.3) is 0 Å². The van der Waals surface area contributed by atoms with Crippen molar-refractivity contribution in [1.29, 1.82) is 0 Å². The predicted molar refractivity (Wildman–Crippen MR) is 76.3 cm³/mol. The smallest absolute Gasteiger partial charge is 0.133 e. The molecular weight excluding hydrogens is 238 g/mol. The lowest BCUT2D eigenvalue weighted by Crippen LogP contribution is -2.11. The molecule has 0 aliphatic heterocycles. The summed E-state index contributed by atoms with van der Waals surface area (Å²) in [6.45, 7) is 7.02. The lowest BCUT2D eigenvalue weighted by atomic mass is 10.2. The Hall–Kier alpha value is -1.91. The largest absolute Gasteiger partial charge is 0.370 e. The van der Waals surface area contributed by atoms with E-state index >= 15 is 0 Å². The maximum atomic E-state index is 4.52. The number of imidazole rings is 1. The van der Waals surface area contributed by atoms with E-state index in [0.717, 1.165) is 36.1 Å². The van der Waals surface area contributed by atoms with Gasteiger partial charge in [0, 0.05) is 50.1 Å². The molecule has 0 aromatic carbocycles. The average molecular weight is 259 g/mol. The van der Waals surface area contributed by atoms with Crippen LogP contribution < -0.4 is 5.32 Å². The molecule has 19 heavy (non-hydrogen) atoms. The Labute approximate surface area is 114 Å². The Bertz CT molecular complexity index is 545. The van der Waals surface area contributed by atoms with Gasteiger partial charge in [0.05, 0.1) is 0 Å². The summed E-state index contributed by atoms with van der Waals surface area (Å²) in [7, 11) is 2.01. The molecule has 5 heteroatoms. The summed E-state index contributed by atoms with van der Waals surface area (Å²) < 4.78 is 2.03. The van der Waals surface area contributed by atoms with Crippen molar-refractivity contribution in [3.05, 3.63) is 35.8 Å². The van der Waals surface area contributed by atoms with Crippen molar-refractivity contribution in [2.75, 3.05) is 11.9 Å². The normalized spacial score (nSPS) is 11.0. The van der Waals surface area contributed by atoms with E-state index in [1.807, 2.05) is 37.0 Å². The fourth-order valence-corrected chi connectivity index (χ4v) is 1.88. The first kappa shape index (κ1) is 13.5. The molecule has 0 spiro atoms. The van der Waals surface area contributed by atoms with Gasteiger partial charge in [-0.1, -0.05) is 13.8 Å². The molecule has 102 valence electrons. The van der Waals surface area contributed by atoms with Crippen LogP contribution in [0, 0.1) is 6.92 Å². The zero-order valence-corrected chi connectivity index (χ0v) is 12.0. The first-order valence-corrected chi connectivity index (χ1v) is 6.62. The predicted octanol–water partition coefficient (Wildman–Crippen LogP) is 2.30. The molecule has 0 bridgehead atoms. The third-order valence-electron chi connectivity index (χ3n) is 2.96. The summed E-state index contributed by atoms with van der Waals surface area (Å²) in [6, 6.07) is 1.98. The average Bonchev–Trinajstić information content (AvgIpc) is 2.74. The van der Waals surface area contributed by atoms with E-state index in [1.165, 1.54) is 0 Å². The second-order valence-electron chi connectivity index (χ2n) is 5.04. The minimum absolute atomic E-state index is 0.343. The van der Waals surface area contributed by atoms with Gasteiger partial charge in [0.2, 0.25) is 0 Å². The molecule has 2 heterocycles. The molecule has 0 aliphatic carbocycles. The number of nitrogens with zero attached hydrogens (tertiary/aromatic N) is 4. The number of aryl methyl sites for hydroxylation is 2. The van der Waals surface area contributed by atoms with Crippen molar-refractivity contribution >= 4 is 5.82 Å². The maximum absolute atomic E-state index is 4.52. The Morgan fingerprint density at radius 3 is 2.74 bits per heavy atom. The number of nitrogens with one attached hydrogen (secondary N) is 1. The molecule has 0 unspecified atom stereocenters. The van der Waals surface area contributed by atoms with Crippen LogP contribution in [0.25, 0.3) is 0 Å². The summed E-state index contributed by atoms with van der Waals surface area (Å²) in [5, 5.41) is 3.34. The summed E-state index contributed by atoms with van der Waals surface area (Å²) in [5.74, 6) is 3.20. The van der Waals surface area contributed by atoms with Crippen molar-refractivity contribution in [1.82, 2.24) is 19.5 Å². The molecule has 2 aromatic rings. The molecule has 0 amide bonds. The van der Waals surface area contributed by atoms with Gasteiger partial charge in [-0.2, -0.15) is 0 Å². The van der Waals surface area contributed by atoms with Gasteiger partial charge in [-0.25, -0.2) is 15.0 Å².